The SMILES string of the molecule is CC=CC(=O)OC(=O)CNc1c(CC)cccc1CC. The third-order valence-corrected chi connectivity index (χ3v) is 2.93. The van der Waals surface area contributed by atoms with Gasteiger partial charge in [0.25, 0.3) is 0 Å². The molecule has 0 atom stereocenters. The van der Waals surface area contributed by atoms with Crippen molar-refractivity contribution in [3.8, 4) is 0 Å². The first-order valence-electron chi connectivity index (χ1n) is 6.84. The van der Waals surface area contributed by atoms with Crippen LogP contribution in [0.2, 0.25) is 0 Å². The second-order valence-electron chi connectivity index (χ2n) is 4.31. The molecule has 108 valence electrons. The highest BCUT2D eigenvalue weighted by Crippen LogP contribution is 2.22. The molecule has 1 N–H and O–H groups in total. The second-order valence-corrected chi connectivity index (χ2v) is 4.31. The summed E-state index contributed by atoms with van der Waals surface area (Å²) in [7, 11) is 0. The lowest BCUT2D eigenvalue weighted by Gasteiger charge is -2.14. The standard InChI is InChI=1S/C16H21NO3/c1-4-8-14(18)20-15(19)11-17-16-12(5-2)9-7-10-13(16)6-3/h4,7-10,17H,5-6,11H2,1-3H3. The van der Waals surface area contributed by atoms with E-state index in [0.29, 0.717) is 0 Å². The Kier molecular flexibility index (Phi) is 6.50. The molecule has 0 saturated heterocycles. The van der Waals surface area contributed by atoms with Gasteiger partial charge in [-0.1, -0.05) is 38.1 Å². The summed E-state index contributed by atoms with van der Waals surface area (Å²) in [5.74, 6) is -1.22. The zero-order chi connectivity index (χ0) is 15.0. The minimum absolute atomic E-state index is 0.0205. The number of allylic oxidation sites excluding steroid dienone is 1. The van der Waals surface area contributed by atoms with Gasteiger partial charge in [-0.2, -0.15) is 0 Å². The van der Waals surface area contributed by atoms with Crippen LogP contribution in [-0.2, 0) is 27.2 Å². The molecule has 0 bridgehead atoms. The van der Waals surface area contributed by atoms with Gasteiger partial charge < -0.3 is 10.1 Å². The van der Waals surface area contributed by atoms with Gasteiger partial charge in [0.05, 0.1) is 0 Å². The predicted octanol–water partition coefficient (Wildman–Crippen LogP) is 2.87. The van der Waals surface area contributed by atoms with E-state index >= 15 is 0 Å². The first-order chi connectivity index (χ1) is 9.62. The molecule has 0 aliphatic heterocycles. The Balaban J connectivity index is 2.69. The monoisotopic (exact) mass is 275 g/mol. The van der Waals surface area contributed by atoms with E-state index in [1.165, 1.54) is 12.2 Å². The molecule has 0 aromatic heterocycles. The van der Waals surface area contributed by atoms with Crippen LogP contribution in [0.25, 0.3) is 0 Å². The van der Waals surface area contributed by atoms with Crippen LogP contribution in [0.15, 0.2) is 30.4 Å². The fraction of sp³-hybridized carbons (Fsp3) is 0.375. The molecule has 1 aromatic carbocycles. The Bertz CT molecular complexity index is 484. The molecule has 0 heterocycles. The van der Waals surface area contributed by atoms with Gasteiger partial charge in [0.15, 0.2) is 0 Å². The fourth-order valence-corrected chi connectivity index (χ4v) is 1.95. The number of rotatable bonds is 6. The number of para-hydroxylation sites is 1. The Morgan fingerprint density at radius 1 is 1.20 bits per heavy atom. The number of esters is 2. The zero-order valence-electron chi connectivity index (χ0n) is 12.2. The molecule has 20 heavy (non-hydrogen) atoms. The Morgan fingerprint density at radius 3 is 2.30 bits per heavy atom. The van der Waals surface area contributed by atoms with E-state index in [9.17, 15) is 9.59 Å². The number of hydrogen-bond acceptors (Lipinski definition) is 4. The van der Waals surface area contributed by atoms with E-state index in [4.69, 9.17) is 0 Å². The lowest BCUT2D eigenvalue weighted by Crippen LogP contribution is -2.20. The molecule has 0 aliphatic rings. The molecular weight excluding hydrogens is 254 g/mol. The molecule has 0 spiro atoms. The van der Waals surface area contributed by atoms with Gasteiger partial charge in [0, 0.05) is 11.8 Å². The van der Waals surface area contributed by atoms with Crippen molar-refractivity contribution in [2.45, 2.75) is 33.6 Å². The van der Waals surface area contributed by atoms with Gasteiger partial charge >= 0.3 is 11.9 Å². The molecule has 0 fully saturated rings. The molecule has 4 heteroatoms. The average molecular weight is 275 g/mol. The van der Waals surface area contributed by atoms with Gasteiger partial charge in [-0.25, -0.2) is 9.59 Å². The van der Waals surface area contributed by atoms with Crippen LogP contribution in [0, 0.1) is 0 Å². The van der Waals surface area contributed by atoms with Gasteiger partial charge in [-0.15, -0.1) is 0 Å². The van der Waals surface area contributed by atoms with Crippen molar-refractivity contribution in [3.05, 3.63) is 41.5 Å². The predicted molar refractivity (Wildman–Crippen MR) is 79.6 cm³/mol. The molecule has 0 radical (unpaired) electrons. The van der Waals surface area contributed by atoms with E-state index < -0.39 is 11.9 Å². The van der Waals surface area contributed by atoms with Crippen molar-refractivity contribution < 1.29 is 14.3 Å². The third kappa shape index (κ3) is 4.53. The number of ether oxygens (including phenoxy) is 1. The molecule has 0 unspecified atom stereocenters. The summed E-state index contributed by atoms with van der Waals surface area (Å²) in [6.07, 6.45) is 4.51. The van der Waals surface area contributed by atoms with Gasteiger partial charge in [-0.05, 0) is 30.9 Å². The van der Waals surface area contributed by atoms with E-state index in [1.54, 1.807) is 6.92 Å². The van der Waals surface area contributed by atoms with Crippen molar-refractivity contribution in [1.82, 2.24) is 0 Å². The van der Waals surface area contributed by atoms with Crippen molar-refractivity contribution in [1.29, 1.82) is 0 Å². The minimum Gasteiger partial charge on any atom is -0.389 e. The molecule has 1 rings (SSSR count). The fourth-order valence-electron chi connectivity index (χ4n) is 1.95. The summed E-state index contributed by atoms with van der Waals surface area (Å²) in [5.41, 5.74) is 3.27. The lowest BCUT2D eigenvalue weighted by atomic mass is 10.0. The summed E-state index contributed by atoms with van der Waals surface area (Å²) in [4.78, 5) is 22.7. The number of carbonyl (C=O) groups is 2. The van der Waals surface area contributed by atoms with Crippen molar-refractivity contribution in [2.24, 2.45) is 0 Å². The number of hydrogen-bond donors (Lipinski definition) is 1. The maximum absolute atomic E-state index is 11.6. The van der Waals surface area contributed by atoms with Gasteiger partial charge in [0.1, 0.15) is 6.54 Å². The summed E-state index contributed by atoms with van der Waals surface area (Å²) in [5, 5.41) is 3.08. The van der Waals surface area contributed by atoms with Crippen LogP contribution in [0.3, 0.4) is 0 Å². The lowest BCUT2D eigenvalue weighted by molar-refractivity contribution is -0.154. The number of carbonyl (C=O) groups excluding carboxylic acids is 2. The van der Waals surface area contributed by atoms with Gasteiger partial charge in [0.2, 0.25) is 0 Å². The van der Waals surface area contributed by atoms with Crippen LogP contribution < -0.4 is 5.32 Å². The van der Waals surface area contributed by atoms with Crippen LogP contribution in [-0.4, -0.2) is 18.5 Å². The highest BCUT2D eigenvalue weighted by atomic mass is 16.6. The highest BCUT2D eigenvalue weighted by molar-refractivity contribution is 5.93. The maximum Gasteiger partial charge on any atom is 0.338 e. The third-order valence-electron chi connectivity index (χ3n) is 2.93. The van der Waals surface area contributed by atoms with Gasteiger partial charge in [-0.3, -0.25) is 0 Å². The van der Waals surface area contributed by atoms with E-state index in [2.05, 4.69) is 23.9 Å². The normalized spacial score (nSPS) is 10.6. The van der Waals surface area contributed by atoms with Crippen molar-refractivity contribution in [3.63, 3.8) is 0 Å². The summed E-state index contributed by atoms with van der Waals surface area (Å²) >= 11 is 0. The molecule has 4 nitrogen and oxygen atoms in total. The summed E-state index contributed by atoms with van der Waals surface area (Å²) in [6, 6.07) is 6.06. The van der Waals surface area contributed by atoms with E-state index in [-0.39, 0.29) is 6.54 Å². The number of anilines is 1. The van der Waals surface area contributed by atoms with E-state index in [0.717, 1.165) is 29.7 Å². The quantitative estimate of drug-likeness (QED) is 0.493. The second kappa shape index (κ2) is 8.15. The number of aryl methyl sites for hydroxylation is 2. The summed E-state index contributed by atoms with van der Waals surface area (Å²) < 4.78 is 4.63. The first kappa shape index (κ1) is 16.0. The molecule has 0 saturated carbocycles. The summed E-state index contributed by atoms with van der Waals surface area (Å²) in [6.45, 7) is 5.80. The first-order valence-corrected chi connectivity index (χ1v) is 6.84. The van der Waals surface area contributed by atoms with Crippen molar-refractivity contribution in [2.75, 3.05) is 11.9 Å². The minimum atomic E-state index is -0.640. The van der Waals surface area contributed by atoms with Crippen molar-refractivity contribution >= 4 is 17.6 Å². The van der Waals surface area contributed by atoms with Crippen LogP contribution in [0.1, 0.15) is 31.9 Å². The highest BCUT2D eigenvalue weighted by Gasteiger charge is 2.10. The number of benzene rings is 1. The Labute approximate surface area is 119 Å². The molecule has 0 amide bonds. The Hall–Kier alpha value is -2.10. The van der Waals surface area contributed by atoms with Crippen LogP contribution in [0.5, 0.6) is 0 Å². The maximum atomic E-state index is 11.6. The molecule has 1 aromatic rings. The topological polar surface area (TPSA) is 55.4 Å². The molecular formula is C16H21NO3. The average Bonchev–Trinajstić information content (AvgIpc) is 2.44. The number of nitrogens with one attached hydrogen (secondary N) is 1. The zero-order valence-corrected chi connectivity index (χ0v) is 12.2. The largest absolute Gasteiger partial charge is 0.389 e. The molecule has 0 aliphatic carbocycles. The Morgan fingerprint density at radius 2 is 1.80 bits per heavy atom. The van der Waals surface area contributed by atoms with Crippen LogP contribution >= 0.6 is 0 Å². The van der Waals surface area contributed by atoms with E-state index in [1.807, 2.05) is 18.2 Å². The smallest absolute Gasteiger partial charge is 0.338 e. The van der Waals surface area contributed by atoms with Crippen LogP contribution in [0.4, 0.5) is 5.69 Å².